The predicted molar refractivity (Wildman–Crippen MR) is 112 cm³/mol. The van der Waals surface area contributed by atoms with E-state index in [1.807, 2.05) is 31.2 Å². The number of rotatable bonds is 5. The predicted octanol–water partition coefficient (Wildman–Crippen LogP) is 5.61. The summed E-state index contributed by atoms with van der Waals surface area (Å²) in [5.74, 6) is 0.459. The minimum Gasteiger partial charge on any atom is -0.355 e. The van der Waals surface area contributed by atoms with Crippen LogP contribution < -0.4 is 10.6 Å². The van der Waals surface area contributed by atoms with E-state index in [4.69, 9.17) is 0 Å². The molecular formula is C23H21F3N4O. The van der Waals surface area contributed by atoms with Crippen LogP contribution in [0.15, 0.2) is 60.9 Å². The van der Waals surface area contributed by atoms with Crippen molar-refractivity contribution in [2.75, 3.05) is 10.6 Å². The van der Waals surface area contributed by atoms with Crippen molar-refractivity contribution in [2.24, 2.45) is 0 Å². The molecule has 0 bridgehead atoms. The summed E-state index contributed by atoms with van der Waals surface area (Å²) < 4.78 is 38.6. The van der Waals surface area contributed by atoms with Crippen molar-refractivity contribution in [3.05, 3.63) is 77.7 Å². The molecule has 0 saturated heterocycles. The molecule has 0 unspecified atom stereocenters. The zero-order valence-electron chi connectivity index (χ0n) is 16.8. The molecule has 3 aromatic rings. The lowest BCUT2D eigenvalue weighted by Gasteiger charge is -2.40. The third-order valence-corrected chi connectivity index (χ3v) is 5.66. The summed E-state index contributed by atoms with van der Waals surface area (Å²) in [6.07, 6.45) is 0.670. The van der Waals surface area contributed by atoms with Gasteiger partial charge in [-0.25, -0.2) is 4.98 Å². The summed E-state index contributed by atoms with van der Waals surface area (Å²) in [5, 5.41) is 5.90. The first-order chi connectivity index (χ1) is 14.8. The molecule has 0 spiro atoms. The number of pyridine rings is 2. The van der Waals surface area contributed by atoms with Crippen LogP contribution >= 0.6 is 0 Å². The molecule has 1 saturated carbocycles. The van der Waals surface area contributed by atoms with Crippen LogP contribution in [0.1, 0.15) is 36.1 Å². The van der Waals surface area contributed by atoms with Gasteiger partial charge in [-0.05, 0) is 61.2 Å². The number of amides is 1. The molecule has 1 aliphatic rings. The SMILES string of the molecule is Cc1cccnc1NC(=O)C1(c2ccc(Nc3ccnc(C(F)(F)F)c3)cc2)CCC1. The highest BCUT2D eigenvalue weighted by molar-refractivity contribution is 5.99. The zero-order chi connectivity index (χ0) is 22.1. The summed E-state index contributed by atoms with van der Waals surface area (Å²) in [7, 11) is 0. The lowest BCUT2D eigenvalue weighted by atomic mass is 9.63. The fourth-order valence-corrected chi connectivity index (χ4v) is 3.72. The fourth-order valence-electron chi connectivity index (χ4n) is 3.72. The number of carbonyl (C=O) groups is 1. The molecule has 2 N–H and O–H groups in total. The van der Waals surface area contributed by atoms with Gasteiger partial charge in [0.1, 0.15) is 11.5 Å². The minimum absolute atomic E-state index is 0.0924. The topological polar surface area (TPSA) is 66.9 Å². The maximum Gasteiger partial charge on any atom is 0.433 e. The number of halogens is 3. The number of carbonyl (C=O) groups excluding carboxylic acids is 1. The fraction of sp³-hybridized carbons (Fsp3) is 0.261. The number of aromatic nitrogens is 2. The molecule has 1 aliphatic carbocycles. The number of benzene rings is 1. The maximum absolute atomic E-state index is 13.1. The van der Waals surface area contributed by atoms with E-state index in [0.717, 1.165) is 42.7 Å². The highest BCUT2D eigenvalue weighted by Gasteiger charge is 2.45. The van der Waals surface area contributed by atoms with E-state index in [9.17, 15) is 18.0 Å². The Kier molecular flexibility index (Phi) is 5.39. The van der Waals surface area contributed by atoms with Crippen molar-refractivity contribution < 1.29 is 18.0 Å². The smallest absolute Gasteiger partial charge is 0.355 e. The van der Waals surface area contributed by atoms with Gasteiger partial charge in [0.2, 0.25) is 5.91 Å². The zero-order valence-corrected chi connectivity index (χ0v) is 16.8. The van der Waals surface area contributed by atoms with Gasteiger partial charge in [-0.2, -0.15) is 13.2 Å². The summed E-state index contributed by atoms with van der Waals surface area (Å²) >= 11 is 0. The average molecular weight is 426 g/mol. The number of hydrogen-bond donors (Lipinski definition) is 2. The summed E-state index contributed by atoms with van der Waals surface area (Å²) in [4.78, 5) is 20.7. The number of anilines is 3. The molecule has 1 amide bonds. The Bertz CT molecular complexity index is 1090. The Morgan fingerprint density at radius 1 is 1.00 bits per heavy atom. The highest BCUT2D eigenvalue weighted by atomic mass is 19.4. The molecule has 1 aromatic carbocycles. The van der Waals surface area contributed by atoms with Crippen LogP contribution in [-0.4, -0.2) is 15.9 Å². The van der Waals surface area contributed by atoms with E-state index in [1.165, 1.54) is 6.07 Å². The van der Waals surface area contributed by atoms with Crippen molar-refractivity contribution in [2.45, 2.75) is 37.8 Å². The van der Waals surface area contributed by atoms with E-state index >= 15 is 0 Å². The molecule has 8 heteroatoms. The molecule has 1 fully saturated rings. The van der Waals surface area contributed by atoms with Crippen molar-refractivity contribution >= 4 is 23.1 Å². The van der Waals surface area contributed by atoms with Gasteiger partial charge in [0, 0.05) is 23.8 Å². The van der Waals surface area contributed by atoms with Gasteiger partial charge in [-0.15, -0.1) is 0 Å². The van der Waals surface area contributed by atoms with Crippen LogP contribution in [0, 0.1) is 6.92 Å². The van der Waals surface area contributed by atoms with E-state index in [2.05, 4.69) is 20.6 Å². The summed E-state index contributed by atoms with van der Waals surface area (Å²) in [5.41, 5.74) is 1.10. The molecule has 2 heterocycles. The van der Waals surface area contributed by atoms with Crippen LogP contribution in [0.25, 0.3) is 0 Å². The number of hydrogen-bond acceptors (Lipinski definition) is 4. The van der Waals surface area contributed by atoms with E-state index < -0.39 is 17.3 Å². The van der Waals surface area contributed by atoms with Gasteiger partial charge < -0.3 is 10.6 Å². The van der Waals surface area contributed by atoms with Gasteiger partial charge in [-0.1, -0.05) is 24.6 Å². The van der Waals surface area contributed by atoms with Gasteiger partial charge in [0.25, 0.3) is 0 Å². The quantitative estimate of drug-likeness (QED) is 0.557. The molecule has 5 nitrogen and oxygen atoms in total. The monoisotopic (exact) mass is 426 g/mol. The first-order valence-electron chi connectivity index (χ1n) is 9.92. The van der Waals surface area contributed by atoms with Gasteiger partial charge in [-0.3, -0.25) is 9.78 Å². The first kappa shape index (κ1) is 20.8. The van der Waals surface area contributed by atoms with Crippen LogP contribution in [0.2, 0.25) is 0 Å². The molecule has 0 aliphatic heterocycles. The van der Waals surface area contributed by atoms with E-state index in [1.54, 1.807) is 18.3 Å². The van der Waals surface area contributed by atoms with Crippen molar-refractivity contribution in [1.82, 2.24) is 9.97 Å². The van der Waals surface area contributed by atoms with Crippen molar-refractivity contribution in [1.29, 1.82) is 0 Å². The molecule has 0 atom stereocenters. The van der Waals surface area contributed by atoms with Gasteiger partial charge in [0.05, 0.1) is 5.41 Å². The molecule has 4 rings (SSSR count). The third kappa shape index (κ3) is 4.23. The Morgan fingerprint density at radius 2 is 1.74 bits per heavy atom. The van der Waals surface area contributed by atoms with Crippen LogP contribution in [-0.2, 0) is 16.4 Å². The summed E-state index contributed by atoms with van der Waals surface area (Å²) in [6, 6.07) is 13.4. The van der Waals surface area contributed by atoms with Crippen molar-refractivity contribution in [3.8, 4) is 0 Å². The molecule has 160 valence electrons. The van der Waals surface area contributed by atoms with Crippen LogP contribution in [0.5, 0.6) is 0 Å². The lowest BCUT2D eigenvalue weighted by molar-refractivity contribution is -0.141. The Labute approximate surface area is 177 Å². The normalized spacial score (nSPS) is 15.1. The second-order valence-corrected chi connectivity index (χ2v) is 7.69. The Morgan fingerprint density at radius 3 is 2.35 bits per heavy atom. The molecule has 31 heavy (non-hydrogen) atoms. The standard InChI is InChI=1S/C23H21F3N4O/c1-15-4-2-12-28-20(15)30-21(31)22(10-3-11-22)16-5-7-17(8-6-16)29-18-9-13-27-19(14-18)23(24,25)26/h2,4-9,12-14H,3,10-11H2,1H3,(H,27,29)(H,28,30,31). The minimum atomic E-state index is -4.50. The number of nitrogens with zero attached hydrogens (tertiary/aromatic N) is 2. The summed E-state index contributed by atoms with van der Waals surface area (Å²) in [6.45, 7) is 1.89. The lowest BCUT2D eigenvalue weighted by Crippen LogP contribution is -2.46. The number of alkyl halides is 3. The maximum atomic E-state index is 13.1. The highest BCUT2D eigenvalue weighted by Crippen LogP contribution is 2.45. The Hall–Kier alpha value is -3.42. The largest absolute Gasteiger partial charge is 0.433 e. The van der Waals surface area contributed by atoms with E-state index in [-0.39, 0.29) is 11.6 Å². The molecule has 2 aromatic heterocycles. The molecular weight excluding hydrogens is 405 g/mol. The van der Waals surface area contributed by atoms with E-state index in [0.29, 0.717) is 11.5 Å². The van der Waals surface area contributed by atoms with Crippen LogP contribution in [0.4, 0.5) is 30.4 Å². The second kappa shape index (κ2) is 8.02. The number of nitrogens with one attached hydrogen (secondary N) is 2. The second-order valence-electron chi connectivity index (χ2n) is 7.69. The third-order valence-electron chi connectivity index (χ3n) is 5.66. The van der Waals surface area contributed by atoms with Gasteiger partial charge in [0.15, 0.2) is 0 Å². The number of aryl methyl sites for hydroxylation is 1. The molecule has 0 radical (unpaired) electrons. The van der Waals surface area contributed by atoms with Crippen molar-refractivity contribution in [3.63, 3.8) is 0 Å². The first-order valence-corrected chi connectivity index (χ1v) is 9.92. The van der Waals surface area contributed by atoms with Crippen LogP contribution in [0.3, 0.4) is 0 Å². The Balaban J connectivity index is 1.51. The average Bonchev–Trinajstić information content (AvgIpc) is 2.70. The van der Waals surface area contributed by atoms with Gasteiger partial charge >= 0.3 is 6.18 Å².